The number of aliphatic hydroxyl groups excluding tert-OH is 1. The van der Waals surface area contributed by atoms with Crippen molar-refractivity contribution in [3.63, 3.8) is 0 Å². The topological polar surface area (TPSA) is 58.6 Å². The van der Waals surface area contributed by atoms with Gasteiger partial charge in [0.25, 0.3) is 5.91 Å². The molecule has 1 atom stereocenters. The molecule has 0 radical (unpaired) electrons. The van der Waals surface area contributed by atoms with E-state index >= 15 is 0 Å². The lowest BCUT2D eigenvalue weighted by molar-refractivity contribution is -0.123. The molecule has 0 saturated heterocycles. The Morgan fingerprint density at radius 3 is 2.50 bits per heavy atom. The van der Waals surface area contributed by atoms with Gasteiger partial charge in [-0.1, -0.05) is 11.6 Å². The summed E-state index contributed by atoms with van der Waals surface area (Å²) in [7, 11) is 0. The molecule has 0 spiro atoms. The fourth-order valence-corrected chi connectivity index (χ4v) is 1.56. The predicted molar refractivity (Wildman–Crippen MR) is 71.1 cm³/mol. The molecule has 18 heavy (non-hydrogen) atoms. The molecule has 0 heterocycles. The maximum absolute atomic E-state index is 11.4. The van der Waals surface area contributed by atoms with Crippen molar-refractivity contribution in [2.75, 3.05) is 13.2 Å². The number of benzene rings is 1. The second-order valence-corrected chi connectivity index (χ2v) is 4.69. The van der Waals surface area contributed by atoms with Crippen LogP contribution in [0.3, 0.4) is 0 Å². The van der Waals surface area contributed by atoms with E-state index < -0.39 is 6.10 Å². The van der Waals surface area contributed by atoms with E-state index in [2.05, 4.69) is 5.32 Å². The number of nitrogens with one attached hydrogen (secondary N) is 1. The third kappa shape index (κ3) is 4.55. The van der Waals surface area contributed by atoms with Gasteiger partial charge in [0.15, 0.2) is 6.61 Å². The van der Waals surface area contributed by atoms with Gasteiger partial charge < -0.3 is 15.2 Å². The first kappa shape index (κ1) is 14.8. The highest BCUT2D eigenvalue weighted by molar-refractivity contribution is 6.32. The molecule has 0 aliphatic heterocycles. The zero-order chi connectivity index (χ0) is 13.7. The molecular formula is C13H18ClNO3. The molecule has 5 heteroatoms. The number of rotatable bonds is 5. The zero-order valence-corrected chi connectivity index (χ0v) is 11.5. The summed E-state index contributed by atoms with van der Waals surface area (Å²) in [5, 5.41) is 12.3. The molecule has 0 aromatic heterocycles. The number of aryl methyl sites for hydroxylation is 2. The Bertz CT molecular complexity index is 409. The Morgan fingerprint density at radius 1 is 1.44 bits per heavy atom. The number of amides is 1. The number of carbonyl (C=O) groups excluding carboxylic acids is 1. The van der Waals surface area contributed by atoms with Crippen LogP contribution in [-0.4, -0.2) is 30.3 Å². The maximum Gasteiger partial charge on any atom is 0.258 e. The van der Waals surface area contributed by atoms with Gasteiger partial charge in [0.1, 0.15) is 5.75 Å². The van der Waals surface area contributed by atoms with Gasteiger partial charge in [-0.2, -0.15) is 0 Å². The number of carbonyl (C=O) groups is 1. The highest BCUT2D eigenvalue weighted by Gasteiger charge is 2.07. The van der Waals surface area contributed by atoms with Gasteiger partial charge in [0, 0.05) is 11.6 Å². The van der Waals surface area contributed by atoms with Crippen LogP contribution < -0.4 is 10.1 Å². The highest BCUT2D eigenvalue weighted by atomic mass is 35.5. The minimum absolute atomic E-state index is 0.0762. The average Bonchev–Trinajstić information content (AvgIpc) is 2.30. The van der Waals surface area contributed by atoms with Crippen LogP contribution in [-0.2, 0) is 4.79 Å². The van der Waals surface area contributed by atoms with Crippen LogP contribution in [0.2, 0.25) is 5.02 Å². The molecule has 2 N–H and O–H groups in total. The SMILES string of the molecule is Cc1cc(OCC(=O)NCC(C)O)cc(C)c1Cl. The summed E-state index contributed by atoms with van der Waals surface area (Å²) < 4.78 is 5.36. The molecule has 0 fully saturated rings. The fraction of sp³-hybridized carbons (Fsp3) is 0.462. The lowest BCUT2D eigenvalue weighted by Crippen LogP contribution is -2.34. The first-order valence-corrected chi connectivity index (χ1v) is 6.12. The van der Waals surface area contributed by atoms with Crippen LogP contribution in [0.1, 0.15) is 18.1 Å². The number of ether oxygens (including phenoxy) is 1. The molecule has 1 aromatic rings. The van der Waals surface area contributed by atoms with E-state index in [0.717, 1.165) is 11.1 Å². The van der Waals surface area contributed by atoms with Crippen molar-refractivity contribution in [1.29, 1.82) is 0 Å². The second-order valence-electron chi connectivity index (χ2n) is 4.31. The monoisotopic (exact) mass is 271 g/mol. The lowest BCUT2D eigenvalue weighted by atomic mass is 10.1. The van der Waals surface area contributed by atoms with Gasteiger partial charge in [-0.15, -0.1) is 0 Å². The van der Waals surface area contributed by atoms with Crippen LogP contribution >= 0.6 is 11.6 Å². The largest absolute Gasteiger partial charge is 0.484 e. The van der Waals surface area contributed by atoms with Crippen molar-refractivity contribution in [3.05, 3.63) is 28.3 Å². The Kier molecular flexibility index (Phi) is 5.44. The molecular weight excluding hydrogens is 254 g/mol. The van der Waals surface area contributed by atoms with E-state index in [1.54, 1.807) is 19.1 Å². The number of hydrogen-bond acceptors (Lipinski definition) is 3. The summed E-state index contributed by atoms with van der Waals surface area (Å²) in [4.78, 5) is 11.4. The Hall–Kier alpha value is -1.26. The van der Waals surface area contributed by atoms with Crippen LogP contribution in [0.15, 0.2) is 12.1 Å². The lowest BCUT2D eigenvalue weighted by Gasteiger charge is -2.11. The van der Waals surface area contributed by atoms with Gasteiger partial charge in [-0.05, 0) is 44.0 Å². The zero-order valence-electron chi connectivity index (χ0n) is 10.8. The summed E-state index contributed by atoms with van der Waals surface area (Å²) in [5.41, 5.74) is 1.83. The normalized spacial score (nSPS) is 12.1. The van der Waals surface area contributed by atoms with Crippen molar-refractivity contribution in [3.8, 4) is 5.75 Å². The number of halogens is 1. The Balaban J connectivity index is 2.51. The minimum atomic E-state index is -0.561. The van der Waals surface area contributed by atoms with Crippen LogP contribution in [0.25, 0.3) is 0 Å². The quantitative estimate of drug-likeness (QED) is 0.859. The summed E-state index contributed by atoms with van der Waals surface area (Å²) in [6, 6.07) is 3.58. The van der Waals surface area contributed by atoms with Gasteiger partial charge >= 0.3 is 0 Å². The average molecular weight is 272 g/mol. The van der Waals surface area contributed by atoms with Crippen molar-refractivity contribution in [2.24, 2.45) is 0 Å². The van der Waals surface area contributed by atoms with E-state index in [1.165, 1.54) is 0 Å². The fourth-order valence-electron chi connectivity index (χ4n) is 1.45. The molecule has 0 saturated carbocycles. The van der Waals surface area contributed by atoms with E-state index in [0.29, 0.717) is 10.8 Å². The van der Waals surface area contributed by atoms with Gasteiger partial charge in [0.05, 0.1) is 6.10 Å². The molecule has 0 aliphatic carbocycles. The molecule has 0 aliphatic rings. The molecule has 1 rings (SSSR count). The number of aliphatic hydroxyl groups is 1. The van der Waals surface area contributed by atoms with Crippen molar-refractivity contribution < 1.29 is 14.6 Å². The van der Waals surface area contributed by atoms with Gasteiger partial charge in [-0.25, -0.2) is 0 Å². The van der Waals surface area contributed by atoms with Crippen molar-refractivity contribution in [2.45, 2.75) is 26.9 Å². The molecule has 100 valence electrons. The van der Waals surface area contributed by atoms with Gasteiger partial charge in [0.2, 0.25) is 0 Å². The van der Waals surface area contributed by atoms with Crippen LogP contribution in [0.5, 0.6) is 5.75 Å². The van der Waals surface area contributed by atoms with E-state index in [-0.39, 0.29) is 19.1 Å². The summed E-state index contributed by atoms with van der Waals surface area (Å²) in [6.07, 6.45) is -0.561. The standard InChI is InChI=1S/C13H18ClNO3/c1-8-4-11(5-9(2)13(8)14)18-7-12(17)15-6-10(3)16/h4-5,10,16H,6-7H2,1-3H3,(H,15,17). The van der Waals surface area contributed by atoms with Crippen LogP contribution in [0, 0.1) is 13.8 Å². The number of hydrogen-bond donors (Lipinski definition) is 2. The van der Waals surface area contributed by atoms with Gasteiger partial charge in [-0.3, -0.25) is 4.79 Å². The smallest absolute Gasteiger partial charge is 0.258 e. The third-order valence-electron chi connectivity index (χ3n) is 2.37. The van der Waals surface area contributed by atoms with E-state index in [1.807, 2.05) is 13.8 Å². The van der Waals surface area contributed by atoms with E-state index in [4.69, 9.17) is 21.4 Å². The molecule has 0 bridgehead atoms. The Morgan fingerprint density at radius 2 is 2.00 bits per heavy atom. The second kappa shape index (κ2) is 6.61. The first-order chi connectivity index (χ1) is 8.40. The highest BCUT2D eigenvalue weighted by Crippen LogP contribution is 2.25. The summed E-state index contributed by atoms with van der Waals surface area (Å²) >= 11 is 6.03. The summed E-state index contributed by atoms with van der Waals surface area (Å²) in [6.45, 7) is 5.52. The minimum Gasteiger partial charge on any atom is -0.484 e. The first-order valence-electron chi connectivity index (χ1n) is 5.74. The van der Waals surface area contributed by atoms with E-state index in [9.17, 15) is 4.79 Å². The van der Waals surface area contributed by atoms with Crippen molar-refractivity contribution >= 4 is 17.5 Å². The van der Waals surface area contributed by atoms with Crippen LogP contribution in [0.4, 0.5) is 0 Å². The molecule has 4 nitrogen and oxygen atoms in total. The summed E-state index contributed by atoms with van der Waals surface area (Å²) in [5.74, 6) is 0.350. The third-order valence-corrected chi connectivity index (χ3v) is 2.97. The molecule has 1 aromatic carbocycles. The molecule has 1 amide bonds. The van der Waals surface area contributed by atoms with Crippen molar-refractivity contribution in [1.82, 2.24) is 5.32 Å². The Labute approximate surface area is 112 Å². The molecule has 1 unspecified atom stereocenters. The predicted octanol–water partition coefficient (Wildman–Crippen LogP) is 1.83. The maximum atomic E-state index is 11.4.